The van der Waals surface area contributed by atoms with Crippen LogP contribution in [0.1, 0.15) is 66.2 Å². The molecule has 1 unspecified atom stereocenters. The third kappa shape index (κ3) is 12.7. The van der Waals surface area contributed by atoms with E-state index in [1.165, 1.54) is 0 Å². The Hall–Kier alpha value is -0.720. The van der Waals surface area contributed by atoms with E-state index in [-0.39, 0.29) is 19.8 Å². The molecule has 0 spiro atoms. The van der Waals surface area contributed by atoms with E-state index >= 15 is 0 Å². The van der Waals surface area contributed by atoms with Crippen LogP contribution in [0.3, 0.4) is 0 Å². The number of phosphoric acid groups is 1. The predicted octanol–water partition coefficient (Wildman–Crippen LogP) is 4.46. The van der Waals surface area contributed by atoms with Crippen LogP contribution in [0.5, 0.6) is 0 Å². The van der Waals surface area contributed by atoms with Crippen molar-refractivity contribution in [2.75, 3.05) is 46.0 Å². The molecule has 1 atom stereocenters. The minimum Gasteiger partial charge on any atom is -0.462 e. The SMILES string of the molecule is C=C(C)C(=O)OCCCCOP(=O)(O)OCCC[N+](CCC)(CCC)CCC. The highest BCUT2D eigenvalue weighted by molar-refractivity contribution is 7.47. The summed E-state index contributed by atoms with van der Waals surface area (Å²) in [7, 11) is -4.03. The van der Waals surface area contributed by atoms with Gasteiger partial charge in [0.05, 0.1) is 46.0 Å². The third-order valence-electron chi connectivity index (χ3n) is 4.50. The van der Waals surface area contributed by atoms with E-state index in [0.29, 0.717) is 18.4 Å². The number of esters is 1. The summed E-state index contributed by atoms with van der Waals surface area (Å²) in [5, 5.41) is 0. The van der Waals surface area contributed by atoms with E-state index in [9.17, 15) is 14.3 Å². The molecule has 0 rings (SSSR count). The van der Waals surface area contributed by atoms with Crippen LogP contribution < -0.4 is 0 Å². The van der Waals surface area contributed by atoms with E-state index in [2.05, 4.69) is 27.4 Å². The van der Waals surface area contributed by atoms with E-state index in [0.717, 1.165) is 56.3 Å². The van der Waals surface area contributed by atoms with Crippen molar-refractivity contribution in [3.63, 3.8) is 0 Å². The number of quaternary nitrogens is 1. The van der Waals surface area contributed by atoms with Gasteiger partial charge in [-0.3, -0.25) is 9.05 Å². The molecule has 7 nitrogen and oxygen atoms in total. The van der Waals surface area contributed by atoms with Gasteiger partial charge in [0.2, 0.25) is 0 Å². The van der Waals surface area contributed by atoms with E-state index in [4.69, 9.17) is 13.8 Å². The molecule has 0 aliphatic heterocycles. The first kappa shape index (κ1) is 27.3. The Morgan fingerprint density at radius 1 is 0.893 bits per heavy atom. The van der Waals surface area contributed by atoms with Crippen LogP contribution in [0.15, 0.2) is 12.2 Å². The van der Waals surface area contributed by atoms with Gasteiger partial charge in [-0.05, 0) is 39.0 Å². The first-order valence-electron chi connectivity index (χ1n) is 10.5. The Labute approximate surface area is 171 Å². The van der Waals surface area contributed by atoms with Crippen LogP contribution in [0.25, 0.3) is 0 Å². The second kappa shape index (κ2) is 15.2. The number of carbonyl (C=O) groups excluding carboxylic acids is 1. The number of carbonyl (C=O) groups is 1. The molecule has 28 heavy (non-hydrogen) atoms. The van der Waals surface area contributed by atoms with E-state index in [1.807, 2.05) is 0 Å². The fraction of sp³-hybridized carbons (Fsp3) is 0.850. The first-order valence-corrected chi connectivity index (χ1v) is 12.0. The summed E-state index contributed by atoms with van der Waals surface area (Å²) in [5.41, 5.74) is 0.351. The lowest BCUT2D eigenvalue weighted by Crippen LogP contribution is -2.50. The van der Waals surface area contributed by atoms with Crippen LogP contribution in [0, 0.1) is 0 Å². The molecule has 0 aromatic rings. The van der Waals surface area contributed by atoms with E-state index < -0.39 is 13.8 Å². The number of unbranched alkanes of at least 4 members (excludes halogenated alkanes) is 1. The van der Waals surface area contributed by atoms with Gasteiger partial charge >= 0.3 is 13.8 Å². The number of hydrogen-bond donors (Lipinski definition) is 1. The molecule has 1 N–H and O–H groups in total. The maximum absolute atomic E-state index is 12.0. The van der Waals surface area contributed by atoms with Gasteiger partial charge in [-0.25, -0.2) is 9.36 Å². The molecule has 0 aliphatic carbocycles. The Kier molecular flexibility index (Phi) is 14.8. The van der Waals surface area contributed by atoms with Gasteiger partial charge in [0.15, 0.2) is 0 Å². The molecular weight excluding hydrogens is 381 g/mol. The smallest absolute Gasteiger partial charge is 0.462 e. The molecule has 0 aromatic carbocycles. The van der Waals surface area contributed by atoms with Gasteiger partial charge in [0.25, 0.3) is 0 Å². The third-order valence-corrected chi connectivity index (χ3v) is 5.52. The largest absolute Gasteiger partial charge is 0.472 e. The molecule has 0 fully saturated rings. The highest BCUT2D eigenvalue weighted by Gasteiger charge is 2.25. The van der Waals surface area contributed by atoms with Crippen LogP contribution in [0.2, 0.25) is 0 Å². The molecule has 0 saturated heterocycles. The van der Waals surface area contributed by atoms with Crippen molar-refractivity contribution >= 4 is 13.8 Å². The molecule has 0 radical (unpaired) electrons. The van der Waals surface area contributed by atoms with Crippen LogP contribution >= 0.6 is 7.82 Å². The van der Waals surface area contributed by atoms with Gasteiger partial charge < -0.3 is 14.1 Å². The molecule has 0 saturated carbocycles. The monoisotopic (exact) mass is 422 g/mol. The molecule has 0 aromatic heterocycles. The normalized spacial score (nSPS) is 13.9. The second-order valence-corrected chi connectivity index (χ2v) is 8.80. The molecule has 0 amide bonds. The summed E-state index contributed by atoms with van der Waals surface area (Å²) in [6, 6.07) is 0. The quantitative estimate of drug-likeness (QED) is 0.115. The average molecular weight is 423 g/mol. The van der Waals surface area contributed by atoms with Gasteiger partial charge in [0, 0.05) is 12.0 Å². The summed E-state index contributed by atoms with van der Waals surface area (Å²) < 4.78 is 28.1. The number of hydrogen-bond acceptors (Lipinski definition) is 5. The lowest BCUT2D eigenvalue weighted by molar-refractivity contribution is -0.928. The number of ether oxygens (including phenoxy) is 1. The number of rotatable bonds is 18. The first-order chi connectivity index (χ1) is 13.2. The number of phosphoric ester groups is 1. The predicted molar refractivity (Wildman–Crippen MR) is 112 cm³/mol. The van der Waals surface area contributed by atoms with Crippen molar-refractivity contribution in [3.05, 3.63) is 12.2 Å². The van der Waals surface area contributed by atoms with Crippen molar-refractivity contribution in [1.82, 2.24) is 0 Å². The van der Waals surface area contributed by atoms with Crippen molar-refractivity contribution in [2.24, 2.45) is 0 Å². The lowest BCUT2D eigenvalue weighted by atomic mass is 10.2. The summed E-state index contributed by atoms with van der Waals surface area (Å²) in [6.07, 6.45) is 5.16. The van der Waals surface area contributed by atoms with Crippen LogP contribution in [0.4, 0.5) is 0 Å². The Morgan fingerprint density at radius 3 is 1.82 bits per heavy atom. The zero-order chi connectivity index (χ0) is 21.5. The maximum atomic E-state index is 12.0. The molecule has 166 valence electrons. The highest BCUT2D eigenvalue weighted by atomic mass is 31.2. The van der Waals surface area contributed by atoms with Crippen molar-refractivity contribution in [2.45, 2.75) is 66.2 Å². The Morgan fingerprint density at radius 2 is 1.36 bits per heavy atom. The summed E-state index contributed by atoms with van der Waals surface area (Å²) in [6.45, 7) is 16.5. The second-order valence-electron chi connectivity index (χ2n) is 7.35. The fourth-order valence-corrected chi connectivity index (χ4v) is 4.18. The Bertz CT molecular complexity index is 480. The van der Waals surface area contributed by atoms with Crippen molar-refractivity contribution in [1.29, 1.82) is 0 Å². The van der Waals surface area contributed by atoms with Gasteiger partial charge in [-0.1, -0.05) is 27.4 Å². The summed E-state index contributed by atoms with van der Waals surface area (Å²) in [5.74, 6) is -0.430. The van der Waals surface area contributed by atoms with Crippen molar-refractivity contribution < 1.29 is 32.5 Å². The summed E-state index contributed by atoms with van der Waals surface area (Å²) in [4.78, 5) is 21.0. The zero-order valence-corrected chi connectivity index (χ0v) is 19.2. The molecular formula is C20H41NO6P+. The van der Waals surface area contributed by atoms with Gasteiger partial charge in [-0.15, -0.1) is 0 Å². The minimum absolute atomic E-state index is 0.0832. The Balaban J connectivity index is 4.09. The summed E-state index contributed by atoms with van der Waals surface area (Å²) >= 11 is 0. The highest BCUT2D eigenvalue weighted by Crippen LogP contribution is 2.43. The number of nitrogens with zero attached hydrogens (tertiary/aromatic N) is 1. The molecule has 0 aliphatic rings. The van der Waals surface area contributed by atoms with Crippen LogP contribution in [-0.2, 0) is 23.1 Å². The van der Waals surface area contributed by atoms with E-state index in [1.54, 1.807) is 6.92 Å². The molecule has 8 heteroatoms. The average Bonchev–Trinajstić information content (AvgIpc) is 2.62. The van der Waals surface area contributed by atoms with Crippen LogP contribution in [-0.4, -0.2) is 61.3 Å². The zero-order valence-electron chi connectivity index (χ0n) is 18.3. The topological polar surface area (TPSA) is 82.1 Å². The lowest BCUT2D eigenvalue weighted by Gasteiger charge is -2.38. The van der Waals surface area contributed by atoms with Gasteiger partial charge in [0.1, 0.15) is 0 Å². The van der Waals surface area contributed by atoms with Gasteiger partial charge in [-0.2, -0.15) is 0 Å². The minimum atomic E-state index is -4.03. The fourth-order valence-electron chi connectivity index (χ4n) is 3.38. The van der Waals surface area contributed by atoms with Crippen molar-refractivity contribution in [3.8, 4) is 0 Å². The maximum Gasteiger partial charge on any atom is 0.472 e. The molecule has 0 bridgehead atoms. The molecule has 0 heterocycles. The standard InChI is InChI=1S/C20H40NO6P/c1-6-12-21(13-7-2,14-8-3)15-11-18-27-28(23,24)26-17-10-9-16-25-20(22)19(4)5/h4,6-18H2,1-3,5H3/p+1.